The highest BCUT2D eigenvalue weighted by Crippen LogP contribution is 2.42. The minimum atomic E-state index is -0.790. The molecular weight excluding hydrogens is 428 g/mol. The molecule has 6 nitrogen and oxygen atoms in total. The fourth-order valence-corrected chi connectivity index (χ4v) is 4.70. The maximum Gasteiger partial charge on any atom is 0.300 e. The van der Waals surface area contributed by atoms with Gasteiger partial charge >= 0.3 is 0 Å². The highest BCUT2D eigenvalue weighted by Gasteiger charge is 2.47. The zero-order valence-corrected chi connectivity index (χ0v) is 19.4. The number of ketones is 1. The van der Waals surface area contributed by atoms with Crippen molar-refractivity contribution < 1.29 is 19.4 Å². The highest BCUT2D eigenvalue weighted by molar-refractivity contribution is 6.51. The lowest BCUT2D eigenvalue weighted by atomic mass is 9.95. The first-order valence-electron chi connectivity index (χ1n) is 11.5. The molecular formula is C28H26N2O4. The van der Waals surface area contributed by atoms with Crippen molar-refractivity contribution in [1.29, 1.82) is 0 Å². The molecule has 0 bridgehead atoms. The first-order chi connectivity index (χ1) is 16.3. The SMILES string of the molecule is CC1Cc2cc(/C(O)=C3/C(=O)C(=O)N(c4ccc(C(C)C)cc4)C3c3cccnc3)ccc2O1. The Balaban J connectivity index is 1.65. The van der Waals surface area contributed by atoms with E-state index in [0.29, 0.717) is 22.7 Å². The number of pyridine rings is 1. The number of hydrogen-bond acceptors (Lipinski definition) is 5. The molecule has 0 radical (unpaired) electrons. The lowest BCUT2D eigenvalue weighted by Crippen LogP contribution is -2.29. The molecule has 34 heavy (non-hydrogen) atoms. The van der Waals surface area contributed by atoms with Gasteiger partial charge < -0.3 is 9.84 Å². The van der Waals surface area contributed by atoms with Gasteiger partial charge in [-0.1, -0.05) is 32.0 Å². The van der Waals surface area contributed by atoms with E-state index in [2.05, 4.69) is 18.8 Å². The summed E-state index contributed by atoms with van der Waals surface area (Å²) in [5.41, 5.74) is 3.88. The number of nitrogens with zero attached hydrogens (tertiary/aromatic N) is 2. The summed E-state index contributed by atoms with van der Waals surface area (Å²) >= 11 is 0. The Morgan fingerprint density at radius 2 is 1.88 bits per heavy atom. The second kappa shape index (κ2) is 8.45. The van der Waals surface area contributed by atoms with E-state index in [-0.39, 0.29) is 17.4 Å². The summed E-state index contributed by atoms with van der Waals surface area (Å²) < 4.78 is 5.76. The van der Waals surface area contributed by atoms with Crippen LogP contribution in [0.1, 0.15) is 55.0 Å². The number of aliphatic hydroxyl groups excluding tert-OH is 1. The van der Waals surface area contributed by atoms with Gasteiger partial charge in [0.15, 0.2) is 0 Å². The van der Waals surface area contributed by atoms with Gasteiger partial charge in [0.1, 0.15) is 17.6 Å². The van der Waals surface area contributed by atoms with Crippen molar-refractivity contribution >= 4 is 23.1 Å². The molecule has 1 aromatic heterocycles. The van der Waals surface area contributed by atoms with Gasteiger partial charge in [-0.05, 0) is 65.9 Å². The molecule has 2 aliphatic heterocycles. The van der Waals surface area contributed by atoms with E-state index in [0.717, 1.165) is 23.3 Å². The number of aromatic nitrogens is 1. The predicted molar refractivity (Wildman–Crippen MR) is 130 cm³/mol. The van der Waals surface area contributed by atoms with E-state index in [1.807, 2.05) is 43.3 Å². The fraction of sp³-hybridized carbons (Fsp3) is 0.250. The van der Waals surface area contributed by atoms with E-state index >= 15 is 0 Å². The monoisotopic (exact) mass is 454 g/mol. The van der Waals surface area contributed by atoms with Gasteiger partial charge in [-0.15, -0.1) is 0 Å². The van der Waals surface area contributed by atoms with Gasteiger partial charge in [-0.25, -0.2) is 0 Å². The quantitative estimate of drug-likeness (QED) is 0.335. The Labute approximate surface area is 198 Å². The van der Waals surface area contributed by atoms with Crippen molar-refractivity contribution in [2.75, 3.05) is 4.90 Å². The maximum atomic E-state index is 13.3. The minimum Gasteiger partial charge on any atom is -0.507 e. The number of anilines is 1. The molecule has 2 atom stereocenters. The molecule has 1 fully saturated rings. The number of amides is 1. The summed E-state index contributed by atoms with van der Waals surface area (Å²) in [7, 11) is 0. The summed E-state index contributed by atoms with van der Waals surface area (Å²) in [6, 6.07) is 15.7. The van der Waals surface area contributed by atoms with E-state index in [4.69, 9.17) is 4.74 Å². The van der Waals surface area contributed by atoms with Crippen molar-refractivity contribution in [3.63, 3.8) is 0 Å². The van der Waals surface area contributed by atoms with Crippen molar-refractivity contribution in [2.24, 2.45) is 0 Å². The van der Waals surface area contributed by atoms with E-state index in [1.165, 1.54) is 4.90 Å². The first kappa shape index (κ1) is 21.9. The summed E-state index contributed by atoms with van der Waals surface area (Å²) in [6.45, 7) is 6.18. The van der Waals surface area contributed by atoms with Crippen LogP contribution in [-0.2, 0) is 16.0 Å². The van der Waals surface area contributed by atoms with Crippen LogP contribution in [0.25, 0.3) is 5.76 Å². The number of carbonyl (C=O) groups excluding carboxylic acids is 2. The van der Waals surface area contributed by atoms with Crippen molar-refractivity contribution in [3.8, 4) is 5.75 Å². The van der Waals surface area contributed by atoms with Crippen LogP contribution in [0.4, 0.5) is 5.69 Å². The molecule has 1 amide bonds. The Hall–Kier alpha value is -3.93. The Morgan fingerprint density at radius 1 is 1.12 bits per heavy atom. The molecule has 0 aliphatic carbocycles. The molecule has 172 valence electrons. The summed E-state index contributed by atoms with van der Waals surface area (Å²) in [5, 5.41) is 11.3. The molecule has 1 N–H and O–H groups in total. The third-order valence-electron chi connectivity index (χ3n) is 6.45. The van der Waals surface area contributed by atoms with Gasteiger partial charge in [-0.2, -0.15) is 0 Å². The van der Waals surface area contributed by atoms with E-state index in [1.54, 1.807) is 30.6 Å². The Morgan fingerprint density at radius 3 is 2.56 bits per heavy atom. The second-order valence-electron chi connectivity index (χ2n) is 9.16. The fourth-order valence-electron chi connectivity index (χ4n) is 4.70. The number of Topliss-reactive ketones (excluding diaryl/α,β-unsaturated/α-hetero) is 1. The molecule has 2 unspecified atom stereocenters. The van der Waals surface area contributed by atoms with Crippen LogP contribution < -0.4 is 9.64 Å². The maximum absolute atomic E-state index is 13.3. The smallest absolute Gasteiger partial charge is 0.300 e. The van der Waals surface area contributed by atoms with Gasteiger partial charge in [0.25, 0.3) is 11.7 Å². The third-order valence-corrected chi connectivity index (χ3v) is 6.45. The third kappa shape index (κ3) is 3.65. The summed E-state index contributed by atoms with van der Waals surface area (Å²) in [4.78, 5) is 32.2. The molecule has 2 aromatic carbocycles. The zero-order valence-electron chi connectivity index (χ0n) is 19.4. The number of carbonyl (C=O) groups is 2. The zero-order chi connectivity index (χ0) is 24.0. The number of hydrogen-bond donors (Lipinski definition) is 1. The summed E-state index contributed by atoms with van der Waals surface area (Å²) in [6.07, 6.45) is 4.04. The molecule has 1 saturated heterocycles. The lowest BCUT2D eigenvalue weighted by Gasteiger charge is -2.25. The van der Waals surface area contributed by atoms with Crippen LogP contribution in [0.15, 0.2) is 72.6 Å². The average molecular weight is 455 g/mol. The molecule has 5 rings (SSSR count). The van der Waals surface area contributed by atoms with Gasteiger partial charge in [-0.3, -0.25) is 19.5 Å². The van der Waals surface area contributed by atoms with Crippen LogP contribution >= 0.6 is 0 Å². The van der Waals surface area contributed by atoms with Crippen LogP contribution in [0.3, 0.4) is 0 Å². The topological polar surface area (TPSA) is 79.7 Å². The highest BCUT2D eigenvalue weighted by atomic mass is 16.5. The first-order valence-corrected chi connectivity index (χ1v) is 11.5. The second-order valence-corrected chi connectivity index (χ2v) is 9.16. The molecule has 6 heteroatoms. The van der Waals surface area contributed by atoms with Crippen molar-refractivity contribution in [3.05, 3.63) is 94.8 Å². The van der Waals surface area contributed by atoms with Crippen LogP contribution in [-0.4, -0.2) is 27.9 Å². The minimum absolute atomic E-state index is 0.0536. The predicted octanol–water partition coefficient (Wildman–Crippen LogP) is 5.15. The van der Waals surface area contributed by atoms with Crippen molar-refractivity contribution in [2.45, 2.75) is 45.3 Å². The van der Waals surface area contributed by atoms with Gasteiger partial charge in [0.05, 0.1) is 11.6 Å². The molecule has 0 spiro atoms. The normalized spacial score (nSPS) is 21.1. The Kier molecular flexibility index (Phi) is 5.44. The van der Waals surface area contributed by atoms with Crippen LogP contribution in [0.2, 0.25) is 0 Å². The number of aliphatic hydroxyl groups is 1. The van der Waals surface area contributed by atoms with E-state index < -0.39 is 17.7 Å². The van der Waals surface area contributed by atoms with Crippen molar-refractivity contribution in [1.82, 2.24) is 4.98 Å². The summed E-state index contributed by atoms with van der Waals surface area (Å²) in [5.74, 6) is -0.477. The number of benzene rings is 2. The molecule has 3 aromatic rings. The number of ether oxygens (including phenoxy) is 1. The molecule has 3 heterocycles. The van der Waals surface area contributed by atoms with E-state index in [9.17, 15) is 14.7 Å². The number of fused-ring (bicyclic) bond motifs is 1. The van der Waals surface area contributed by atoms with Crippen LogP contribution in [0.5, 0.6) is 5.75 Å². The Bertz CT molecular complexity index is 1300. The molecule has 0 saturated carbocycles. The lowest BCUT2D eigenvalue weighted by molar-refractivity contribution is -0.132. The van der Waals surface area contributed by atoms with Gasteiger partial charge in [0, 0.05) is 30.1 Å². The average Bonchev–Trinajstić information content (AvgIpc) is 3.34. The van der Waals surface area contributed by atoms with Crippen LogP contribution in [0, 0.1) is 0 Å². The standard InChI is InChI=1S/C28H26N2O4/c1-16(2)18-6-9-22(10-7-18)30-25(20-5-4-12-29-15-20)24(27(32)28(30)33)26(31)19-8-11-23-21(14-19)13-17(3)34-23/h4-12,14-17,25,31H,13H2,1-3H3/b26-24-. The van der Waals surface area contributed by atoms with Gasteiger partial charge in [0.2, 0.25) is 0 Å². The molecule has 2 aliphatic rings. The largest absolute Gasteiger partial charge is 0.507 e. The number of rotatable bonds is 4.